The van der Waals surface area contributed by atoms with Crippen molar-refractivity contribution in [2.75, 3.05) is 0 Å². The lowest BCUT2D eigenvalue weighted by molar-refractivity contribution is 0.302. The SMILES string of the molecule is Cc1c(C)n(CC2CC2)c2c(COc3ccccc3Cl)nccc12.Cl. The van der Waals surface area contributed by atoms with E-state index in [9.17, 15) is 0 Å². The lowest BCUT2D eigenvalue weighted by Gasteiger charge is -2.12. The van der Waals surface area contributed by atoms with Gasteiger partial charge in [0.25, 0.3) is 0 Å². The Morgan fingerprint density at radius 2 is 1.96 bits per heavy atom. The molecular formula is C20H22Cl2N2O. The Labute approximate surface area is 159 Å². The smallest absolute Gasteiger partial charge is 0.138 e. The van der Waals surface area contributed by atoms with E-state index in [1.54, 1.807) is 0 Å². The van der Waals surface area contributed by atoms with Crippen LogP contribution in [0.5, 0.6) is 5.75 Å². The summed E-state index contributed by atoms with van der Waals surface area (Å²) in [5.41, 5.74) is 4.87. The Kier molecular flexibility index (Phi) is 5.26. The Balaban J connectivity index is 0.00000182. The van der Waals surface area contributed by atoms with Crippen LogP contribution in [0.2, 0.25) is 5.02 Å². The molecule has 2 aromatic heterocycles. The average molecular weight is 377 g/mol. The summed E-state index contributed by atoms with van der Waals surface area (Å²) in [6.07, 6.45) is 4.55. The molecule has 0 atom stereocenters. The van der Waals surface area contributed by atoms with Crippen LogP contribution in [0.1, 0.15) is 29.8 Å². The molecule has 0 spiro atoms. The molecule has 1 aromatic carbocycles. The van der Waals surface area contributed by atoms with Crippen LogP contribution in [-0.2, 0) is 13.2 Å². The summed E-state index contributed by atoms with van der Waals surface area (Å²) in [4.78, 5) is 4.61. The topological polar surface area (TPSA) is 27.1 Å². The molecule has 132 valence electrons. The number of aryl methyl sites for hydroxylation is 1. The van der Waals surface area contributed by atoms with Gasteiger partial charge in [-0.25, -0.2) is 0 Å². The van der Waals surface area contributed by atoms with Crippen LogP contribution in [0.3, 0.4) is 0 Å². The Hall–Kier alpha value is -1.71. The number of benzene rings is 1. The number of nitrogens with zero attached hydrogens (tertiary/aromatic N) is 2. The van der Waals surface area contributed by atoms with Gasteiger partial charge in [-0.3, -0.25) is 4.98 Å². The van der Waals surface area contributed by atoms with Gasteiger partial charge in [-0.1, -0.05) is 23.7 Å². The van der Waals surface area contributed by atoms with Crippen molar-refractivity contribution in [3.05, 3.63) is 58.5 Å². The third-order valence-electron chi connectivity index (χ3n) is 4.96. The van der Waals surface area contributed by atoms with E-state index in [1.807, 2.05) is 30.5 Å². The number of rotatable bonds is 5. The minimum Gasteiger partial charge on any atom is -0.486 e. The van der Waals surface area contributed by atoms with Crippen molar-refractivity contribution < 1.29 is 4.74 Å². The van der Waals surface area contributed by atoms with Crippen molar-refractivity contribution in [1.29, 1.82) is 0 Å². The Morgan fingerprint density at radius 1 is 1.20 bits per heavy atom. The van der Waals surface area contributed by atoms with Gasteiger partial charge in [-0.05, 0) is 56.4 Å². The maximum atomic E-state index is 6.20. The van der Waals surface area contributed by atoms with E-state index in [2.05, 4.69) is 29.5 Å². The predicted molar refractivity (Wildman–Crippen MR) is 105 cm³/mol. The third kappa shape index (κ3) is 3.49. The number of fused-ring (bicyclic) bond motifs is 1. The molecule has 25 heavy (non-hydrogen) atoms. The van der Waals surface area contributed by atoms with E-state index in [4.69, 9.17) is 16.3 Å². The zero-order valence-corrected chi connectivity index (χ0v) is 16.0. The highest BCUT2D eigenvalue weighted by molar-refractivity contribution is 6.32. The Bertz CT molecular complexity index is 900. The van der Waals surface area contributed by atoms with Gasteiger partial charge < -0.3 is 9.30 Å². The fraction of sp³-hybridized carbons (Fsp3) is 0.350. The van der Waals surface area contributed by atoms with Crippen LogP contribution in [0.15, 0.2) is 36.5 Å². The van der Waals surface area contributed by atoms with Crippen molar-refractivity contribution >= 4 is 34.9 Å². The van der Waals surface area contributed by atoms with E-state index in [-0.39, 0.29) is 12.4 Å². The van der Waals surface area contributed by atoms with Gasteiger partial charge in [0.2, 0.25) is 0 Å². The van der Waals surface area contributed by atoms with Crippen molar-refractivity contribution in [2.45, 2.75) is 39.8 Å². The maximum Gasteiger partial charge on any atom is 0.138 e. The monoisotopic (exact) mass is 376 g/mol. The number of pyridine rings is 1. The first-order valence-electron chi connectivity index (χ1n) is 8.45. The highest BCUT2D eigenvalue weighted by Gasteiger charge is 2.25. The minimum atomic E-state index is 0. The first kappa shape index (κ1) is 18.1. The second-order valence-corrected chi connectivity index (χ2v) is 7.04. The van der Waals surface area contributed by atoms with Crippen LogP contribution >= 0.6 is 24.0 Å². The first-order chi connectivity index (χ1) is 11.6. The molecule has 1 fully saturated rings. The average Bonchev–Trinajstić information content (AvgIpc) is 3.38. The summed E-state index contributed by atoms with van der Waals surface area (Å²) in [5, 5.41) is 1.91. The molecule has 0 radical (unpaired) electrons. The summed E-state index contributed by atoms with van der Waals surface area (Å²) in [7, 11) is 0. The number of halogens is 2. The summed E-state index contributed by atoms with van der Waals surface area (Å²) < 4.78 is 8.38. The van der Waals surface area contributed by atoms with Gasteiger partial charge >= 0.3 is 0 Å². The maximum absolute atomic E-state index is 6.20. The Morgan fingerprint density at radius 3 is 2.68 bits per heavy atom. The van der Waals surface area contributed by atoms with Crippen molar-refractivity contribution in [2.24, 2.45) is 5.92 Å². The van der Waals surface area contributed by atoms with E-state index >= 15 is 0 Å². The fourth-order valence-electron chi connectivity index (χ4n) is 3.27. The summed E-state index contributed by atoms with van der Waals surface area (Å²) >= 11 is 6.20. The number of ether oxygens (including phenoxy) is 1. The van der Waals surface area contributed by atoms with Crippen LogP contribution in [0, 0.1) is 19.8 Å². The first-order valence-corrected chi connectivity index (χ1v) is 8.83. The van der Waals surface area contributed by atoms with E-state index < -0.39 is 0 Å². The molecule has 1 aliphatic carbocycles. The summed E-state index contributed by atoms with van der Waals surface area (Å²) in [5.74, 6) is 1.52. The van der Waals surface area contributed by atoms with E-state index in [0.717, 1.165) is 18.2 Å². The molecular weight excluding hydrogens is 355 g/mol. The fourth-order valence-corrected chi connectivity index (χ4v) is 3.46. The van der Waals surface area contributed by atoms with Crippen LogP contribution in [0.4, 0.5) is 0 Å². The van der Waals surface area contributed by atoms with Crippen molar-refractivity contribution in [3.63, 3.8) is 0 Å². The molecule has 0 bridgehead atoms. The van der Waals surface area contributed by atoms with Gasteiger partial charge in [-0.2, -0.15) is 0 Å². The lowest BCUT2D eigenvalue weighted by atomic mass is 10.2. The van der Waals surface area contributed by atoms with Gasteiger partial charge in [0.15, 0.2) is 0 Å². The van der Waals surface area contributed by atoms with Gasteiger partial charge in [-0.15, -0.1) is 12.4 Å². The van der Waals surface area contributed by atoms with Crippen molar-refractivity contribution in [3.8, 4) is 5.75 Å². The molecule has 0 unspecified atom stereocenters. The number of hydrogen-bond acceptors (Lipinski definition) is 2. The zero-order valence-electron chi connectivity index (χ0n) is 14.5. The van der Waals surface area contributed by atoms with E-state index in [0.29, 0.717) is 17.4 Å². The van der Waals surface area contributed by atoms with Crippen LogP contribution in [-0.4, -0.2) is 9.55 Å². The summed E-state index contributed by atoms with van der Waals surface area (Å²) in [6, 6.07) is 9.68. The largest absolute Gasteiger partial charge is 0.486 e. The molecule has 3 aromatic rings. The summed E-state index contributed by atoms with van der Waals surface area (Å²) in [6.45, 7) is 5.91. The highest BCUT2D eigenvalue weighted by Crippen LogP contribution is 2.35. The molecule has 0 N–H and O–H groups in total. The standard InChI is InChI=1S/C20H21ClN2O.ClH/c1-13-14(2)23(11-15-7-8-15)20-16(13)9-10-22-18(20)12-24-19-6-4-3-5-17(19)21;/h3-6,9-10,15H,7-8,11-12H2,1-2H3;1H. The number of para-hydroxylation sites is 1. The zero-order chi connectivity index (χ0) is 16.7. The molecule has 3 nitrogen and oxygen atoms in total. The molecule has 0 amide bonds. The molecule has 5 heteroatoms. The normalized spacial score (nSPS) is 13.7. The molecule has 0 aliphatic heterocycles. The molecule has 1 aliphatic rings. The predicted octanol–water partition coefficient (Wildman–Crippen LogP) is 5.72. The van der Waals surface area contributed by atoms with Crippen LogP contribution in [0.25, 0.3) is 10.9 Å². The number of aromatic nitrogens is 2. The molecule has 2 heterocycles. The second-order valence-electron chi connectivity index (χ2n) is 6.64. The molecule has 0 saturated heterocycles. The quantitative estimate of drug-likeness (QED) is 0.569. The molecule has 1 saturated carbocycles. The van der Waals surface area contributed by atoms with Gasteiger partial charge in [0, 0.05) is 23.8 Å². The van der Waals surface area contributed by atoms with Gasteiger partial charge in [0.1, 0.15) is 18.1 Å². The van der Waals surface area contributed by atoms with Crippen molar-refractivity contribution in [1.82, 2.24) is 9.55 Å². The van der Waals surface area contributed by atoms with Gasteiger partial charge in [0.05, 0.1) is 10.5 Å². The third-order valence-corrected chi connectivity index (χ3v) is 5.27. The molecule has 4 rings (SSSR count). The second kappa shape index (κ2) is 7.27. The highest BCUT2D eigenvalue weighted by atomic mass is 35.5. The van der Waals surface area contributed by atoms with Crippen LogP contribution < -0.4 is 4.74 Å². The lowest BCUT2D eigenvalue weighted by Crippen LogP contribution is -2.06. The number of hydrogen-bond donors (Lipinski definition) is 0. The minimum absolute atomic E-state index is 0. The van der Waals surface area contributed by atoms with E-state index in [1.165, 1.54) is 35.0 Å².